The Kier molecular flexibility index (Phi) is 4.83. The molecule has 1 aromatic heterocycles. The van der Waals surface area contributed by atoms with Crippen LogP contribution >= 0.6 is 0 Å². The van der Waals surface area contributed by atoms with Gasteiger partial charge in [-0.1, -0.05) is 12.2 Å². The number of carbonyl (C=O) groups is 1. The minimum atomic E-state index is 0.0347. The summed E-state index contributed by atoms with van der Waals surface area (Å²) in [6, 6.07) is 4.24. The van der Waals surface area contributed by atoms with E-state index in [9.17, 15) is 4.79 Å². The number of nitrogens with one attached hydrogen (secondary N) is 1. The van der Waals surface area contributed by atoms with Gasteiger partial charge in [0.05, 0.1) is 6.04 Å². The van der Waals surface area contributed by atoms with Crippen molar-refractivity contribution in [3.63, 3.8) is 0 Å². The molecule has 3 rings (SSSR count). The molecule has 0 saturated carbocycles. The van der Waals surface area contributed by atoms with Crippen LogP contribution in [0.5, 0.6) is 0 Å². The van der Waals surface area contributed by atoms with E-state index in [-0.39, 0.29) is 18.1 Å². The molecule has 0 aromatic carbocycles. The number of likely N-dealkylation sites (tertiary alicyclic amines) is 1. The van der Waals surface area contributed by atoms with E-state index in [4.69, 9.17) is 9.15 Å². The van der Waals surface area contributed by atoms with Crippen LogP contribution in [0.2, 0.25) is 0 Å². The van der Waals surface area contributed by atoms with E-state index in [0.717, 1.165) is 50.2 Å². The average Bonchev–Trinajstić information content (AvgIpc) is 3.17. The van der Waals surface area contributed by atoms with E-state index in [1.165, 1.54) is 0 Å². The molecule has 2 amide bonds. The fourth-order valence-electron chi connectivity index (χ4n) is 3.28. The van der Waals surface area contributed by atoms with E-state index in [2.05, 4.69) is 17.5 Å². The molecule has 1 N–H and O–H groups in total. The third kappa shape index (κ3) is 3.35. The zero-order valence-electron chi connectivity index (χ0n) is 13.1. The minimum Gasteiger partial charge on any atom is -0.461 e. The zero-order valence-corrected chi connectivity index (χ0v) is 13.1. The van der Waals surface area contributed by atoms with Crippen LogP contribution in [-0.2, 0) is 11.3 Å². The summed E-state index contributed by atoms with van der Waals surface area (Å²) in [7, 11) is 1.65. The molecule has 2 atom stereocenters. The van der Waals surface area contributed by atoms with Gasteiger partial charge in [0, 0.05) is 19.7 Å². The van der Waals surface area contributed by atoms with Crippen LogP contribution in [-0.4, -0.2) is 30.6 Å². The number of ether oxygens (including phenoxy) is 1. The van der Waals surface area contributed by atoms with E-state index in [0.29, 0.717) is 6.61 Å². The molecule has 1 fully saturated rings. The second kappa shape index (κ2) is 7.01. The van der Waals surface area contributed by atoms with Crippen LogP contribution in [0.15, 0.2) is 28.7 Å². The molecular formula is C17H24N2O3. The van der Waals surface area contributed by atoms with Crippen molar-refractivity contribution < 1.29 is 13.9 Å². The number of allylic oxidation sites excluding steroid dienone is 1. The number of hydrogen-bond acceptors (Lipinski definition) is 3. The molecular weight excluding hydrogens is 280 g/mol. The quantitative estimate of drug-likeness (QED) is 0.868. The standard InChI is InChI=1S/C17H24N2O3/c1-21-12-14-9-10-16(22-14)15-8-5-11-19(15)17(20)18-13-6-3-2-4-7-13/h2-3,9-10,13,15H,4-8,11-12H2,1H3,(H,18,20)/t13-,15-/m1/s1. The van der Waals surface area contributed by atoms with Gasteiger partial charge in [-0.15, -0.1) is 0 Å². The van der Waals surface area contributed by atoms with Gasteiger partial charge in [-0.05, 0) is 44.2 Å². The number of methoxy groups -OCH3 is 1. The Morgan fingerprint density at radius 1 is 1.41 bits per heavy atom. The van der Waals surface area contributed by atoms with Crippen molar-refractivity contribution in [2.45, 2.75) is 50.8 Å². The first-order valence-electron chi connectivity index (χ1n) is 8.07. The number of rotatable bonds is 4. The lowest BCUT2D eigenvalue weighted by Crippen LogP contribution is -2.44. The maximum absolute atomic E-state index is 12.6. The smallest absolute Gasteiger partial charge is 0.318 e. The zero-order chi connectivity index (χ0) is 15.4. The van der Waals surface area contributed by atoms with Crippen molar-refractivity contribution in [3.8, 4) is 0 Å². The summed E-state index contributed by atoms with van der Waals surface area (Å²) in [5, 5.41) is 3.16. The average molecular weight is 304 g/mol. The molecule has 120 valence electrons. The van der Waals surface area contributed by atoms with Crippen molar-refractivity contribution >= 4 is 6.03 Å². The SMILES string of the molecule is COCc1ccc([C@H]2CCCN2C(=O)N[C@@H]2CC=CCC2)o1. The Morgan fingerprint density at radius 2 is 2.32 bits per heavy atom. The van der Waals surface area contributed by atoms with Gasteiger partial charge in [0.2, 0.25) is 0 Å². The topological polar surface area (TPSA) is 54.7 Å². The van der Waals surface area contributed by atoms with Gasteiger partial charge in [-0.2, -0.15) is 0 Å². The third-order valence-corrected chi connectivity index (χ3v) is 4.41. The van der Waals surface area contributed by atoms with E-state index in [1.807, 2.05) is 17.0 Å². The Hall–Kier alpha value is -1.75. The molecule has 2 aliphatic rings. The highest BCUT2D eigenvalue weighted by Crippen LogP contribution is 2.33. The first-order valence-corrected chi connectivity index (χ1v) is 8.07. The molecule has 0 bridgehead atoms. The second-order valence-corrected chi connectivity index (χ2v) is 6.02. The van der Waals surface area contributed by atoms with Crippen LogP contribution in [0.1, 0.15) is 49.7 Å². The van der Waals surface area contributed by atoms with Crippen molar-refractivity contribution in [2.24, 2.45) is 0 Å². The van der Waals surface area contributed by atoms with Gasteiger partial charge < -0.3 is 19.4 Å². The second-order valence-electron chi connectivity index (χ2n) is 6.02. The molecule has 1 aliphatic carbocycles. The van der Waals surface area contributed by atoms with Crippen LogP contribution in [0.4, 0.5) is 4.79 Å². The lowest BCUT2D eigenvalue weighted by Gasteiger charge is -2.27. The van der Waals surface area contributed by atoms with Crippen LogP contribution in [0, 0.1) is 0 Å². The Labute approximate surface area is 131 Å². The largest absolute Gasteiger partial charge is 0.461 e. The maximum atomic E-state index is 12.6. The summed E-state index contributed by atoms with van der Waals surface area (Å²) in [5.74, 6) is 1.67. The molecule has 5 heteroatoms. The summed E-state index contributed by atoms with van der Waals surface area (Å²) in [6.45, 7) is 1.26. The predicted molar refractivity (Wildman–Crippen MR) is 83.4 cm³/mol. The first kappa shape index (κ1) is 15.2. The number of hydrogen-bond donors (Lipinski definition) is 1. The number of nitrogens with zero attached hydrogens (tertiary/aromatic N) is 1. The lowest BCUT2D eigenvalue weighted by molar-refractivity contribution is 0.155. The van der Waals surface area contributed by atoms with Gasteiger partial charge in [-0.25, -0.2) is 4.79 Å². The first-order chi connectivity index (χ1) is 10.8. The van der Waals surface area contributed by atoms with Gasteiger partial charge >= 0.3 is 6.03 Å². The summed E-state index contributed by atoms with van der Waals surface area (Å²) in [5.41, 5.74) is 0. The third-order valence-electron chi connectivity index (χ3n) is 4.41. The van der Waals surface area contributed by atoms with E-state index < -0.39 is 0 Å². The Morgan fingerprint density at radius 3 is 3.09 bits per heavy atom. The number of urea groups is 1. The molecule has 1 aromatic rings. The van der Waals surface area contributed by atoms with Gasteiger partial charge in [0.25, 0.3) is 0 Å². The highest BCUT2D eigenvalue weighted by Gasteiger charge is 2.33. The molecule has 2 heterocycles. The van der Waals surface area contributed by atoms with Crippen molar-refractivity contribution in [1.29, 1.82) is 0 Å². The number of carbonyl (C=O) groups excluding carboxylic acids is 1. The monoisotopic (exact) mass is 304 g/mol. The van der Waals surface area contributed by atoms with Gasteiger partial charge in [0.1, 0.15) is 18.1 Å². The number of amides is 2. The summed E-state index contributed by atoms with van der Waals surface area (Å²) >= 11 is 0. The molecule has 0 spiro atoms. The van der Waals surface area contributed by atoms with E-state index >= 15 is 0 Å². The van der Waals surface area contributed by atoms with Crippen LogP contribution in [0.3, 0.4) is 0 Å². The van der Waals surface area contributed by atoms with Crippen molar-refractivity contribution in [1.82, 2.24) is 10.2 Å². The minimum absolute atomic E-state index is 0.0347. The highest BCUT2D eigenvalue weighted by molar-refractivity contribution is 5.75. The fraction of sp³-hybridized carbons (Fsp3) is 0.588. The summed E-state index contributed by atoms with van der Waals surface area (Å²) < 4.78 is 10.9. The molecule has 1 saturated heterocycles. The lowest BCUT2D eigenvalue weighted by atomic mass is 10.0. The molecule has 1 aliphatic heterocycles. The summed E-state index contributed by atoms with van der Waals surface area (Å²) in [6.07, 6.45) is 9.32. The molecule has 0 unspecified atom stereocenters. The Balaban J connectivity index is 1.63. The molecule has 22 heavy (non-hydrogen) atoms. The predicted octanol–water partition coefficient (Wildman–Crippen LogP) is 3.38. The normalized spacial score (nSPS) is 24.7. The van der Waals surface area contributed by atoms with Gasteiger partial charge in [0.15, 0.2) is 0 Å². The summed E-state index contributed by atoms with van der Waals surface area (Å²) in [4.78, 5) is 14.5. The fourth-order valence-corrected chi connectivity index (χ4v) is 3.28. The van der Waals surface area contributed by atoms with E-state index in [1.54, 1.807) is 7.11 Å². The molecule has 5 nitrogen and oxygen atoms in total. The van der Waals surface area contributed by atoms with Crippen molar-refractivity contribution in [2.75, 3.05) is 13.7 Å². The number of furan rings is 1. The van der Waals surface area contributed by atoms with Gasteiger partial charge in [-0.3, -0.25) is 0 Å². The maximum Gasteiger partial charge on any atom is 0.318 e. The van der Waals surface area contributed by atoms with Crippen molar-refractivity contribution in [3.05, 3.63) is 35.8 Å². The highest BCUT2D eigenvalue weighted by atomic mass is 16.5. The van der Waals surface area contributed by atoms with Crippen LogP contribution < -0.4 is 5.32 Å². The van der Waals surface area contributed by atoms with Crippen LogP contribution in [0.25, 0.3) is 0 Å². The molecule has 0 radical (unpaired) electrons. The Bertz CT molecular complexity index is 538.